The van der Waals surface area contributed by atoms with E-state index in [1.165, 1.54) is 0 Å². The van der Waals surface area contributed by atoms with Gasteiger partial charge in [-0.3, -0.25) is 8.89 Å². The van der Waals surface area contributed by atoms with Crippen LogP contribution < -0.4 is 5.32 Å². The number of nitrogens with zero attached hydrogens (tertiary/aromatic N) is 2. The van der Waals surface area contributed by atoms with E-state index < -0.39 is 10.8 Å². The number of nitrogens with one attached hydrogen (secondary N) is 1. The quantitative estimate of drug-likeness (QED) is 0.768. The molecular weight excluding hydrogens is 198 g/mol. The van der Waals surface area contributed by atoms with Gasteiger partial charge < -0.3 is 5.32 Å². The van der Waals surface area contributed by atoms with Gasteiger partial charge >= 0.3 is 0 Å². The second-order valence-corrected chi connectivity index (χ2v) is 5.07. The first-order valence-corrected chi connectivity index (χ1v) is 6.39. The molecule has 5 heteroatoms. The molecule has 14 heavy (non-hydrogen) atoms. The molecule has 0 aromatic carbocycles. The SMILES string of the molecule is CCn1cc([C@H]2C[S@](=O)CCN2)cn1. The van der Waals surface area contributed by atoms with Gasteiger partial charge in [-0.05, 0) is 6.92 Å². The van der Waals surface area contributed by atoms with E-state index in [1.807, 2.05) is 17.1 Å². The van der Waals surface area contributed by atoms with Crippen LogP contribution in [0.2, 0.25) is 0 Å². The predicted octanol–water partition coefficient (Wildman–Crippen LogP) is 0.296. The second kappa shape index (κ2) is 4.23. The average Bonchev–Trinajstić information content (AvgIpc) is 2.66. The first-order chi connectivity index (χ1) is 6.79. The first kappa shape index (κ1) is 9.86. The van der Waals surface area contributed by atoms with E-state index in [0.29, 0.717) is 0 Å². The Hall–Kier alpha value is -0.680. The summed E-state index contributed by atoms with van der Waals surface area (Å²) >= 11 is 0. The van der Waals surface area contributed by atoms with Gasteiger partial charge in [-0.2, -0.15) is 5.10 Å². The number of hydrogen-bond acceptors (Lipinski definition) is 3. The topological polar surface area (TPSA) is 46.9 Å². The summed E-state index contributed by atoms with van der Waals surface area (Å²) in [4.78, 5) is 0. The zero-order valence-corrected chi connectivity index (χ0v) is 9.09. The fourth-order valence-corrected chi connectivity index (χ4v) is 2.82. The van der Waals surface area contributed by atoms with Gasteiger partial charge in [-0.1, -0.05) is 0 Å². The van der Waals surface area contributed by atoms with E-state index >= 15 is 0 Å². The summed E-state index contributed by atoms with van der Waals surface area (Å²) in [5, 5.41) is 7.57. The Balaban J connectivity index is 2.09. The highest BCUT2D eigenvalue weighted by Gasteiger charge is 2.20. The normalized spacial score (nSPS) is 27.8. The Bertz CT molecular complexity index is 337. The summed E-state index contributed by atoms with van der Waals surface area (Å²) < 4.78 is 13.3. The van der Waals surface area contributed by atoms with Crippen molar-refractivity contribution in [1.82, 2.24) is 15.1 Å². The molecular formula is C9H15N3OS. The van der Waals surface area contributed by atoms with Crippen LogP contribution in [0.4, 0.5) is 0 Å². The molecule has 1 fully saturated rings. The van der Waals surface area contributed by atoms with Crippen molar-refractivity contribution in [3.8, 4) is 0 Å². The van der Waals surface area contributed by atoms with Crippen molar-refractivity contribution in [1.29, 1.82) is 0 Å². The van der Waals surface area contributed by atoms with E-state index in [0.717, 1.165) is 30.2 Å². The van der Waals surface area contributed by atoms with E-state index in [1.54, 1.807) is 0 Å². The highest BCUT2D eigenvalue weighted by Crippen LogP contribution is 2.15. The molecule has 0 saturated carbocycles. The van der Waals surface area contributed by atoms with Crippen molar-refractivity contribution >= 4 is 10.8 Å². The summed E-state index contributed by atoms with van der Waals surface area (Å²) in [6.07, 6.45) is 3.89. The lowest BCUT2D eigenvalue weighted by molar-refractivity contribution is 0.570. The standard InChI is InChI=1S/C9H15N3OS/c1-2-12-6-8(5-11-12)9-7-14(13)4-3-10-9/h5-6,9-10H,2-4,7H2,1H3/t9-,14-/m1/s1. The molecule has 2 rings (SSSR count). The fourth-order valence-electron chi connectivity index (χ4n) is 1.62. The van der Waals surface area contributed by atoms with Crippen LogP contribution in [0.3, 0.4) is 0 Å². The van der Waals surface area contributed by atoms with E-state index in [-0.39, 0.29) is 6.04 Å². The summed E-state index contributed by atoms with van der Waals surface area (Å²) in [5.74, 6) is 1.49. The smallest absolute Gasteiger partial charge is 0.0537 e. The maximum Gasteiger partial charge on any atom is 0.0537 e. The molecule has 1 aliphatic rings. The van der Waals surface area contributed by atoms with Gasteiger partial charge in [0.15, 0.2) is 0 Å². The molecule has 0 spiro atoms. The molecule has 0 bridgehead atoms. The molecule has 0 aliphatic carbocycles. The summed E-state index contributed by atoms with van der Waals surface area (Å²) in [6.45, 7) is 3.79. The zero-order valence-electron chi connectivity index (χ0n) is 8.27. The van der Waals surface area contributed by atoms with Crippen molar-refractivity contribution in [3.05, 3.63) is 18.0 Å². The van der Waals surface area contributed by atoms with Gasteiger partial charge in [0, 0.05) is 53.2 Å². The van der Waals surface area contributed by atoms with Gasteiger partial charge in [-0.25, -0.2) is 0 Å². The number of rotatable bonds is 2. The van der Waals surface area contributed by atoms with Crippen molar-refractivity contribution in [2.45, 2.75) is 19.5 Å². The van der Waals surface area contributed by atoms with E-state index in [9.17, 15) is 4.21 Å². The molecule has 78 valence electrons. The van der Waals surface area contributed by atoms with Crippen molar-refractivity contribution in [3.63, 3.8) is 0 Å². The minimum absolute atomic E-state index is 0.227. The van der Waals surface area contributed by atoms with Crippen LogP contribution in [0.15, 0.2) is 12.4 Å². The largest absolute Gasteiger partial charge is 0.308 e. The van der Waals surface area contributed by atoms with E-state index in [4.69, 9.17) is 0 Å². The van der Waals surface area contributed by atoms with Crippen LogP contribution in [0.1, 0.15) is 18.5 Å². The summed E-state index contributed by atoms with van der Waals surface area (Å²) in [6, 6.07) is 0.227. The lowest BCUT2D eigenvalue weighted by atomic mass is 10.2. The van der Waals surface area contributed by atoms with Crippen LogP contribution in [-0.4, -0.2) is 32.0 Å². The van der Waals surface area contributed by atoms with E-state index in [2.05, 4.69) is 17.3 Å². The van der Waals surface area contributed by atoms with Crippen molar-refractivity contribution in [2.24, 2.45) is 0 Å². The first-order valence-electron chi connectivity index (χ1n) is 4.90. The molecule has 1 saturated heterocycles. The highest BCUT2D eigenvalue weighted by molar-refractivity contribution is 7.85. The van der Waals surface area contributed by atoms with Crippen LogP contribution in [0.5, 0.6) is 0 Å². The molecule has 0 unspecified atom stereocenters. The molecule has 0 radical (unpaired) electrons. The Morgan fingerprint density at radius 3 is 3.29 bits per heavy atom. The third kappa shape index (κ3) is 2.04. The van der Waals surface area contributed by atoms with Crippen LogP contribution in [-0.2, 0) is 17.3 Å². The Morgan fingerprint density at radius 2 is 2.64 bits per heavy atom. The predicted molar refractivity (Wildman–Crippen MR) is 56.5 cm³/mol. The third-order valence-electron chi connectivity index (χ3n) is 2.45. The van der Waals surface area contributed by atoms with Gasteiger partial charge in [0.05, 0.1) is 6.20 Å². The lowest BCUT2D eigenvalue weighted by Crippen LogP contribution is -2.36. The molecule has 1 aromatic rings. The summed E-state index contributed by atoms with van der Waals surface area (Å²) in [7, 11) is -0.663. The lowest BCUT2D eigenvalue weighted by Gasteiger charge is -2.21. The molecule has 1 N–H and O–H groups in total. The maximum absolute atomic E-state index is 11.4. The molecule has 1 aromatic heterocycles. The molecule has 2 atom stereocenters. The minimum Gasteiger partial charge on any atom is -0.308 e. The average molecular weight is 213 g/mol. The Labute approximate surface area is 86.1 Å². The Morgan fingerprint density at radius 1 is 1.79 bits per heavy atom. The zero-order chi connectivity index (χ0) is 9.97. The molecule has 0 amide bonds. The third-order valence-corrected chi connectivity index (χ3v) is 3.82. The summed E-state index contributed by atoms with van der Waals surface area (Å²) in [5.41, 5.74) is 1.15. The molecule has 1 aliphatic heterocycles. The second-order valence-electron chi connectivity index (χ2n) is 3.45. The van der Waals surface area contributed by atoms with Gasteiger partial charge in [0.2, 0.25) is 0 Å². The van der Waals surface area contributed by atoms with Gasteiger partial charge in [0.1, 0.15) is 0 Å². The monoisotopic (exact) mass is 213 g/mol. The maximum atomic E-state index is 11.4. The number of aryl methyl sites for hydroxylation is 1. The van der Waals surface area contributed by atoms with Crippen molar-refractivity contribution < 1.29 is 4.21 Å². The highest BCUT2D eigenvalue weighted by atomic mass is 32.2. The number of aromatic nitrogens is 2. The fraction of sp³-hybridized carbons (Fsp3) is 0.667. The van der Waals surface area contributed by atoms with Crippen LogP contribution in [0.25, 0.3) is 0 Å². The van der Waals surface area contributed by atoms with Gasteiger partial charge in [-0.15, -0.1) is 0 Å². The van der Waals surface area contributed by atoms with Crippen LogP contribution >= 0.6 is 0 Å². The minimum atomic E-state index is -0.663. The molecule has 2 heterocycles. The van der Waals surface area contributed by atoms with Gasteiger partial charge in [0.25, 0.3) is 0 Å². The van der Waals surface area contributed by atoms with Crippen molar-refractivity contribution in [2.75, 3.05) is 18.1 Å². The number of hydrogen-bond donors (Lipinski definition) is 1. The Kier molecular flexibility index (Phi) is 2.98. The van der Waals surface area contributed by atoms with Crippen LogP contribution in [0, 0.1) is 0 Å². The molecule has 4 nitrogen and oxygen atoms in total.